The van der Waals surface area contributed by atoms with Crippen LogP contribution in [0.15, 0.2) is 6.07 Å². The quantitative estimate of drug-likeness (QED) is 0.721. The predicted octanol–water partition coefficient (Wildman–Crippen LogP) is 3.03. The van der Waals surface area contributed by atoms with Gasteiger partial charge in [0.2, 0.25) is 0 Å². The Kier molecular flexibility index (Phi) is 6.52. The first kappa shape index (κ1) is 16.2. The van der Waals surface area contributed by atoms with Gasteiger partial charge in [-0.25, -0.2) is 9.97 Å². The van der Waals surface area contributed by atoms with Gasteiger partial charge in [-0.2, -0.15) is 0 Å². The summed E-state index contributed by atoms with van der Waals surface area (Å²) < 4.78 is 0. The monoisotopic (exact) mass is 284 g/mol. The van der Waals surface area contributed by atoms with Crippen molar-refractivity contribution in [3.05, 3.63) is 17.0 Å². The summed E-state index contributed by atoms with van der Waals surface area (Å²) in [5.41, 5.74) is 0. The normalized spacial score (nSPS) is 11.4. The van der Waals surface area contributed by atoms with Crippen LogP contribution < -0.4 is 4.90 Å². The third-order valence-electron chi connectivity index (χ3n) is 2.95. The molecule has 0 bridgehead atoms. The van der Waals surface area contributed by atoms with Gasteiger partial charge in [0.05, 0.1) is 0 Å². The van der Waals surface area contributed by atoms with Crippen molar-refractivity contribution in [2.75, 3.05) is 38.6 Å². The molecule has 1 heterocycles. The average Bonchev–Trinajstić information content (AvgIpc) is 2.33. The highest BCUT2D eigenvalue weighted by atomic mass is 35.5. The summed E-state index contributed by atoms with van der Waals surface area (Å²) in [4.78, 5) is 13.3. The van der Waals surface area contributed by atoms with Crippen molar-refractivity contribution in [2.45, 2.75) is 33.1 Å². The molecule has 0 N–H and O–H groups in total. The molecule has 0 saturated heterocycles. The standard InChI is InChI=1S/C14H25ClN4/c1-6-19(9-7-8-18(4)5)13-10-12(15)16-14(17-13)11(2)3/h10-11H,6-9H2,1-5H3. The lowest BCUT2D eigenvalue weighted by molar-refractivity contribution is 0.400. The Morgan fingerprint density at radius 1 is 1.21 bits per heavy atom. The Morgan fingerprint density at radius 2 is 1.89 bits per heavy atom. The zero-order valence-corrected chi connectivity index (χ0v) is 13.4. The molecule has 1 aromatic rings. The van der Waals surface area contributed by atoms with Crippen molar-refractivity contribution in [2.24, 2.45) is 0 Å². The Hall–Kier alpha value is -0.870. The average molecular weight is 285 g/mol. The largest absolute Gasteiger partial charge is 0.357 e. The molecule has 0 aliphatic carbocycles. The Morgan fingerprint density at radius 3 is 2.42 bits per heavy atom. The van der Waals surface area contributed by atoms with Gasteiger partial charge < -0.3 is 9.80 Å². The van der Waals surface area contributed by atoms with E-state index in [1.807, 2.05) is 6.07 Å². The van der Waals surface area contributed by atoms with E-state index in [1.165, 1.54) is 0 Å². The van der Waals surface area contributed by atoms with Crippen LogP contribution in [0.4, 0.5) is 5.82 Å². The van der Waals surface area contributed by atoms with E-state index in [-0.39, 0.29) is 5.92 Å². The lowest BCUT2D eigenvalue weighted by atomic mass is 10.2. The highest BCUT2D eigenvalue weighted by Gasteiger charge is 2.11. The maximum Gasteiger partial charge on any atom is 0.135 e. The summed E-state index contributed by atoms with van der Waals surface area (Å²) >= 11 is 6.09. The third-order valence-corrected chi connectivity index (χ3v) is 3.15. The molecule has 4 nitrogen and oxygen atoms in total. The highest BCUT2D eigenvalue weighted by molar-refractivity contribution is 6.29. The van der Waals surface area contributed by atoms with E-state index in [2.05, 4.69) is 54.6 Å². The minimum atomic E-state index is 0.290. The molecule has 19 heavy (non-hydrogen) atoms. The van der Waals surface area contributed by atoms with Crippen molar-refractivity contribution in [3.63, 3.8) is 0 Å². The molecule has 1 rings (SSSR count). The van der Waals surface area contributed by atoms with Gasteiger partial charge in [0.25, 0.3) is 0 Å². The summed E-state index contributed by atoms with van der Waals surface area (Å²) in [6, 6.07) is 1.85. The summed E-state index contributed by atoms with van der Waals surface area (Å²) in [5.74, 6) is 2.04. The predicted molar refractivity (Wildman–Crippen MR) is 82.2 cm³/mol. The van der Waals surface area contributed by atoms with E-state index in [4.69, 9.17) is 11.6 Å². The number of nitrogens with zero attached hydrogens (tertiary/aromatic N) is 4. The number of halogens is 1. The number of rotatable bonds is 7. The Labute approximate surface area is 121 Å². The van der Waals surface area contributed by atoms with E-state index in [9.17, 15) is 0 Å². The number of hydrogen-bond acceptors (Lipinski definition) is 4. The summed E-state index contributed by atoms with van der Waals surface area (Å²) in [5, 5.41) is 0.528. The van der Waals surface area contributed by atoms with Crippen LogP contribution in [0.3, 0.4) is 0 Å². The van der Waals surface area contributed by atoms with Crippen LogP contribution in [0.1, 0.15) is 38.9 Å². The van der Waals surface area contributed by atoms with Gasteiger partial charge in [0.1, 0.15) is 16.8 Å². The highest BCUT2D eigenvalue weighted by Crippen LogP contribution is 2.20. The van der Waals surface area contributed by atoms with Crippen molar-refractivity contribution < 1.29 is 0 Å². The molecule has 0 aliphatic heterocycles. The third kappa shape index (κ3) is 5.33. The first-order valence-electron chi connectivity index (χ1n) is 6.88. The lowest BCUT2D eigenvalue weighted by Gasteiger charge is -2.23. The molecule has 108 valence electrons. The van der Waals surface area contributed by atoms with E-state index >= 15 is 0 Å². The van der Waals surface area contributed by atoms with Crippen molar-refractivity contribution >= 4 is 17.4 Å². The van der Waals surface area contributed by atoms with Crippen LogP contribution in [0.5, 0.6) is 0 Å². The van der Waals surface area contributed by atoms with Crippen LogP contribution in [0, 0.1) is 0 Å². The second kappa shape index (κ2) is 7.65. The van der Waals surface area contributed by atoms with Gasteiger partial charge in [-0.3, -0.25) is 0 Å². The molecule has 0 atom stereocenters. The number of hydrogen-bond donors (Lipinski definition) is 0. The molecule has 0 aliphatic rings. The molecule has 0 aromatic carbocycles. The van der Waals surface area contributed by atoms with Crippen LogP contribution in [-0.2, 0) is 0 Å². The van der Waals surface area contributed by atoms with Crippen LogP contribution in [0.25, 0.3) is 0 Å². The molecule has 0 unspecified atom stereocenters. The number of anilines is 1. The van der Waals surface area contributed by atoms with Gasteiger partial charge in [-0.1, -0.05) is 25.4 Å². The molecule has 0 fully saturated rings. The summed E-state index contributed by atoms with van der Waals surface area (Å²) in [6.07, 6.45) is 1.11. The molecule has 0 spiro atoms. The summed E-state index contributed by atoms with van der Waals surface area (Å²) in [6.45, 7) is 9.29. The topological polar surface area (TPSA) is 32.3 Å². The van der Waals surface area contributed by atoms with E-state index in [0.29, 0.717) is 5.15 Å². The number of aromatic nitrogens is 2. The molecular weight excluding hydrogens is 260 g/mol. The van der Waals surface area contributed by atoms with Gasteiger partial charge in [-0.05, 0) is 34.0 Å². The van der Waals surface area contributed by atoms with Crippen LogP contribution >= 0.6 is 11.6 Å². The van der Waals surface area contributed by atoms with Crippen LogP contribution in [-0.4, -0.2) is 48.6 Å². The van der Waals surface area contributed by atoms with Crippen molar-refractivity contribution in [3.8, 4) is 0 Å². The smallest absolute Gasteiger partial charge is 0.135 e. The van der Waals surface area contributed by atoms with Gasteiger partial charge in [0, 0.05) is 25.1 Å². The van der Waals surface area contributed by atoms with Gasteiger partial charge >= 0.3 is 0 Å². The maximum absolute atomic E-state index is 6.09. The SMILES string of the molecule is CCN(CCCN(C)C)c1cc(Cl)nc(C(C)C)n1. The van der Waals surface area contributed by atoms with Crippen molar-refractivity contribution in [1.82, 2.24) is 14.9 Å². The molecule has 0 radical (unpaired) electrons. The molecule has 5 heteroatoms. The lowest BCUT2D eigenvalue weighted by Crippen LogP contribution is -2.28. The van der Waals surface area contributed by atoms with E-state index in [1.54, 1.807) is 0 Å². The first-order chi connectivity index (χ1) is 8.93. The maximum atomic E-state index is 6.09. The molecule has 1 aromatic heterocycles. The van der Waals surface area contributed by atoms with Gasteiger partial charge in [-0.15, -0.1) is 0 Å². The second-order valence-corrected chi connectivity index (χ2v) is 5.69. The zero-order chi connectivity index (χ0) is 14.4. The Bertz CT molecular complexity index is 393. The molecular formula is C14H25ClN4. The first-order valence-corrected chi connectivity index (χ1v) is 7.26. The van der Waals surface area contributed by atoms with Gasteiger partial charge in [0.15, 0.2) is 0 Å². The fourth-order valence-electron chi connectivity index (χ4n) is 1.86. The molecule has 0 amide bonds. The van der Waals surface area contributed by atoms with Crippen LogP contribution in [0.2, 0.25) is 5.15 Å². The van der Waals surface area contributed by atoms with Crippen molar-refractivity contribution in [1.29, 1.82) is 0 Å². The minimum Gasteiger partial charge on any atom is -0.357 e. The van der Waals surface area contributed by atoms with E-state index in [0.717, 1.165) is 37.7 Å². The minimum absolute atomic E-state index is 0.290. The Balaban J connectivity index is 2.79. The zero-order valence-electron chi connectivity index (χ0n) is 12.6. The van der Waals surface area contributed by atoms with E-state index < -0.39 is 0 Å². The second-order valence-electron chi connectivity index (χ2n) is 5.30. The fourth-order valence-corrected chi connectivity index (χ4v) is 2.04. The summed E-state index contributed by atoms with van der Waals surface area (Å²) in [7, 11) is 4.18. The fraction of sp³-hybridized carbons (Fsp3) is 0.714. The molecule has 0 saturated carbocycles.